The van der Waals surface area contributed by atoms with E-state index < -0.39 is 11.9 Å². The molecule has 0 amide bonds. The van der Waals surface area contributed by atoms with Gasteiger partial charge in [-0.25, -0.2) is 18.7 Å². The number of aliphatic hydroxyl groups excluding tert-OH is 1. The lowest BCUT2D eigenvalue weighted by Gasteiger charge is -2.19. The van der Waals surface area contributed by atoms with Crippen molar-refractivity contribution in [2.45, 2.75) is 0 Å². The maximum absolute atomic E-state index is 12.7. The number of aliphatic hydroxyl groups is 1. The van der Waals surface area contributed by atoms with Gasteiger partial charge in [-0.3, -0.25) is 0 Å². The zero-order chi connectivity index (χ0) is 47.6. The average Bonchev–Trinajstić information content (AvgIpc) is 3.28. The van der Waals surface area contributed by atoms with Crippen LogP contribution in [0.25, 0.3) is 66.8 Å². The first kappa shape index (κ1) is 54.1. The Bertz CT molecular complexity index is 3230. The summed E-state index contributed by atoms with van der Waals surface area (Å²) in [6, 6.07) is 30.0. The fourth-order valence-electron chi connectivity index (χ4n) is 7.39. The lowest BCUT2D eigenvalue weighted by atomic mass is 9.90. The molecule has 4 aromatic carbocycles. The van der Waals surface area contributed by atoms with Crippen molar-refractivity contribution in [3.8, 4) is 44.9 Å². The summed E-state index contributed by atoms with van der Waals surface area (Å²) < 4.78 is 21.7. The second kappa shape index (κ2) is 22.5. The third kappa shape index (κ3) is 11.1. The molecule has 352 valence electrons. The van der Waals surface area contributed by atoms with Crippen LogP contribution in [0, 0.1) is 0 Å². The largest absolute Gasteiger partial charge is 1.00 e. The molecule has 0 saturated heterocycles. The summed E-state index contributed by atoms with van der Waals surface area (Å²) in [6.45, 7) is 0. The fourth-order valence-corrected chi connectivity index (χ4v) is 8.05. The summed E-state index contributed by atoms with van der Waals surface area (Å²) in [5.41, 5.74) is 8.05. The number of carboxylic acid groups (broad SMARTS) is 1. The first-order valence-electron chi connectivity index (χ1n) is 20.0. The van der Waals surface area contributed by atoms with Crippen molar-refractivity contribution in [1.29, 1.82) is 0 Å². The molecular formula is C50H48Cl6N4O7. The minimum Gasteiger partial charge on any atom is -1.00 e. The number of methoxy groups -OCH3 is 1. The molecule has 0 aromatic heterocycles. The van der Waals surface area contributed by atoms with E-state index in [0.717, 1.165) is 62.2 Å². The van der Waals surface area contributed by atoms with Crippen molar-refractivity contribution < 1.29 is 58.2 Å². The normalized spacial score (nSPS) is 10.6. The van der Waals surface area contributed by atoms with Crippen LogP contribution in [0.4, 0.5) is 11.4 Å². The summed E-state index contributed by atoms with van der Waals surface area (Å²) in [7, 11) is 18.1. The van der Waals surface area contributed by atoms with Gasteiger partial charge in [-0.05, 0) is 71.8 Å². The summed E-state index contributed by atoms with van der Waals surface area (Å²) in [4.78, 5) is 28.7. The van der Waals surface area contributed by atoms with Crippen LogP contribution in [-0.4, -0.2) is 92.8 Å². The zero-order valence-electron chi connectivity index (χ0n) is 38.2. The van der Waals surface area contributed by atoms with Crippen molar-refractivity contribution in [1.82, 2.24) is 9.15 Å². The number of hydrogen-bond acceptors (Lipinski definition) is 8. The van der Waals surface area contributed by atoms with Crippen molar-refractivity contribution in [3.63, 3.8) is 0 Å². The highest BCUT2D eigenvalue weighted by atomic mass is 35.5. The Hall–Kier alpha value is -5.50. The van der Waals surface area contributed by atoms with Crippen molar-refractivity contribution in [2.75, 3.05) is 80.4 Å². The molecule has 0 unspecified atom stereocenters. The molecule has 0 fully saturated rings. The van der Waals surface area contributed by atoms with Gasteiger partial charge in [0.15, 0.2) is 0 Å². The minimum absolute atomic E-state index is 0. The van der Waals surface area contributed by atoms with Gasteiger partial charge in [-0.2, -0.15) is 0 Å². The number of fused-ring (bicyclic) bond motifs is 4. The molecule has 2 N–H and O–H groups in total. The van der Waals surface area contributed by atoms with Gasteiger partial charge in [0, 0.05) is 104 Å². The summed E-state index contributed by atoms with van der Waals surface area (Å²) in [5.74, 6) is -0.232. The maximum atomic E-state index is 12.7. The molecule has 4 aliphatic rings. The van der Waals surface area contributed by atoms with E-state index in [2.05, 4.69) is 0 Å². The smallest absolute Gasteiger partial charge is 0.338 e. The van der Waals surface area contributed by atoms with E-state index in [1.807, 2.05) is 148 Å². The van der Waals surface area contributed by atoms with E-state index in [-0.39, 0.29) is 40.4 Å². The first-order valence-corrected chi connectivity index (χ1v) is 21.5. The number of anilines is 2. The number of aromatic carboxylic acids is 1. The number of rotatable bonds is 6. The molecule has 2 aliphatic heterocycles. The number of halogens is 6. The standard InChI is InChI=1S/C25H23Cl2N2O3.C24H20Cl2N2O3.CH4O.2ClH/c1-28(2)14-6-8-16-22(10-14)32-23-11-15(29(3)4)7-9-17(23)24(16)18-12-20(26)21(27)13-19(18)25(30)31-5;1-27(2)13-5-7-15-21(9-13)31-22-10-14(28(3)4)6-8-16(22)23(15)17-11-19(25)20(26)12-18(17)24(29)30;1-2;;/h6-13H,1-5H3;5-12H,1-4H3;2H,1H3;2*1H/q+1;;;;/p-1. The number of carboxylic acids is 1. The van der Waals surface area contributed by atoms with Gasteiger partial charge in [0.2, 0.25) is 10.7 Å². The Kier molecular flexibility index (Phi) is 18.2. The van der Waals surface area contributed by atoms with Crippen LogP contribution >= 0.6 is 46.4 Å². The minimum atomic E-state index is -1.08. The third-order valence-electron chi connectivity index (χ3n) is 10.7. The molecular weight excluding hydrogens is 981 g/mol. The Balaban J connectivity index is 0.000000274. The van der Waals surface area contributed by atoms with Gasteiger partial charge in [0.1, 0.15) is 50.9 Å². The predicted molar refractivity (Wildman–Crippen MR) is 266 cm³/mol. The number of hydrogen-bond donors (Lipinski definition) is 2. The van der Waals surface area contributed by atoms with Gasteiger partial charge in [-0.1, -0.05) is 46.4 Å². The molecule has 0 bridgehead atoms. The Labute approximate surface area is 420 Å². The van der Waals surface area contributed by atoms with Crippen LogP contribution < -0.4 is 54.5 Å². The highest BCUT2D eigenvalue weighted by Gasteiger charge is 2.26. The number of carbonyl (C=O) groups is 2. The fraction of sp³-hybridized carbons (Fsp3) is 0.200. The van der Waals surface area contributed by atoms with Crippen molar-refractivity contribution in [3.05, 3.63) is 139 Å². The van der Waals surface area contributed by atoms with E-state index >= 15 is 0 Å². The zero-order valence-corrected chi connectivity index (χ0v) is 42.8. The molecule has 0 spiro atoms. The summed E-state index contributed by atoms with van der Waals surface area (Å²) >= 11 is 25.1. The van der Waals surface area contributed by atoms with Crippen LogP contribution in [0.1, 0.15) is 20.7 Å². The van der Waals surface area contributed by atoms with Crippen LogP contribution in [-0.2, 0) is 4.74 Å². The SMILES string of the molecule is CN(C)c1ccc2c(-c3cc(Cl)c(Cl)cc3C(=O)O)c3ccc(=[N+](C)C)cc-3oc2c1.CO.COC(=O)c1cc(Cl)c(Cl)cc1-c1c2ccc(=[N+](C)C)cc-2oc2cc(N(C)C)ccc12.[Cl-].[Cl-]. The average molecular weight is 1030 g/mol. The number of ether oxygens (including phenoxy) is 1. The molecule has 67 heavy (non-hydrogen) atoms. The van der Waals surface area contributed by atoms with Crippen molar-refractivity contribution in [2.24, 2.45) is 0 Å². The lowest BCUT2D eigenvalue weighted by molar-refractivity contribution is -0.00100. The molecule has 8 rings (SSSR count). The monoisotopic (exact) mass is 1030 g/mol. The Morgan fingerprint density at radius 2 is 0.910 bits per heavy atom. The van der Waals surface area contributed by atoms with Crippen LogP contribution in [0.3, 0.4) is 0 Å². The van der Waals surface area contributed by atoms with E-state index in [1.165, 1.54) is 13.2 Å². The number of benzene rings is 6. The van der Waals surface area contributed by atoms with E-state index in [9.17, 15) is 14.7 Å². The molecule has 2 heterocycles. The number of carbonyl (C=O) groups excluding carboxylic acids is 1. The molecule has 0 radical (unpaired) electrons. The van der Waals surface area contributed by atoms with E-state index in [0.29, 0.717) is 49.4 Å². The molecule has 17 heteroatoms. The number of esters is 1. The van der Waals surface area contributed by atoms with Crippen LogP contribution in [0.2, 0.25) is 20.1 Å². The second-order valence-electron chi connectivity index (χ2n) is 15.7. The van der Waals surface area contributed by atoms with Crippen LogP contribution in [0.15, 0.2) is 106 Å². The lowest BCUT2D eigenvalue weighted by Crippen LogP contribution is -3.00. The molecule has 0 saturated carbocycles. The second-order valence-corrected chi connectivity index (χ2v) is 17.3. The summed E-state index contributed by atoms with van der Waals surface area (Å²) in [5, 5.41) is 21.6. The van der Waals surface area contributed by atoms with Gasteiger partial charge in [0.05, 0.1) is 50.5 Å². The molecule has 4 aromatic rings. The molecule has 0 atom stereocenters. The highest BCUT2D eigenvalue weighted by molar-refractivity contribution is 6.43. The predicted octanol–water partition coefficient (Wildman–Crippen LogP) is 4.32. The maximum Gasteiger partial charge on any atom is 0.338 e. The van der Waals surface area contributed by atoms with Gasteiger partial charge in [-0.15, -0.1) is 0 Å². The Morgan fingerprint density at radius 1 is 0.537 bits per heavy atom. The van der Waals surface area contributed by atoms with E-state index in [4.69, 9.17) is 65.1 Å². The van der Waals surface area contributed by atoms with Gasteiger partial charge < -0.3 is 58.4 Å². The number of nitrogens with zero attached hydrogens (tertiary/aromatic N) is 4. The third-order valence-corrected chi connectivity index (χ3v) is 12.2. The topological polar surface area (TPSA) is 123 Å². The molecule has 2 aliphatic carbocycles. The summed E-state index contributed by atoms with van der Waals surface area (Å²) in [6.07, 6.45) is 0. The Morgan fingerprint density at radius 3 is 1.27 bits per heavy atom. The van der Waals surface area contributed by atoms with Gasteiger partial charge in [0.25, 0.3) is 0 Å². The quantitative estimate of drug-likeness (QED) is 0.143. The first-order chi connectivity index (χ1) is 30.9. The van der Waals surface area contributed by atoms with Crippen molar-refractivity contribution >= 4 is 91.7 Å². The highest BCUT2D eigenvalue weighted by Crippen LogP contribution is 2.45. The van der Waals surface area contributed by atoms with E-state index in [1.54, 1.807) is 18.2 Å². The van der Waals surface area contributed by atoms with Crippen LogP contribution in [0.5, 0.6) is 0 Å². The van der Waals surface area contributed by atoms with Gasteiger partial charge >= 0.3 is 11.9 Å². The molecule has 11 nitrogen and oxygen atoms in total.